The van der Waals surface area contributed by atoms with E-state index in [1.807, 2.05) is 0 Å². The number of nitrogens with two attached hydrogens (primary N) is 1. The van der Waals surface area contributed by atoms with Crippen LogP contribution in [-0.4, -0.2) is 39.3 Å². The van der Waals surface area contributed by atoms with Gasteiger partial charge in [0.25, 0.3) is 5.91 Å². The Kier molecular flexibility index (Phi) is 10.8. The van der Waals surface area contributed by atoms with E-state index in [2.05, 4.69) is 5.32 Å². The van der Waals surface area contributed by atoms with Crippen molar-refractivity contribution in [3.8, 4) is 0 Å². The molecule has 0 aliphatic heterocycles. The average Bonchev–Trinajstić information content (AvgIpc) is 2.45. The van der Waals surface area contributed by atoms with Crippen molar-refractivity contribution in [2.24, 2.45) is 5.73 Å². The molecule has 0 saturated carbocycles. The highest BCUT2D eigenvalue weighted by Gasteiger charge is 2.09. The van der Waals surface area contributed by atoms with Crippen molar-refractivity contribution in [2.75, 3.05) is 33.4 Å². The second-order valence-corrected chi connectivity index (χ2v) is 4.25. The number of halogens is 2. The summed E-state index contributed by atoms with van der Waals surface area (Å²) in [5.41, 5.74) is 6.11. The van der Waals surface area contributed by atoms with Crippen LogP contribution in [0.5, 0.6) is 0 Å². The summed E-state index contributed by atoms with van der Waals surface area (Å²) in [5.74, 6) is -0.627. The SMILES string of the molecule is COCCOCc1cc(C(=O)NCCCN)ccc1F.Cl. The van der Waals surface area contributed by atoms with E-state index in [0.717, 1.165) is 0 Å². The molecule has 0 atom stereocenters. The molecule has 1 rings (SSSR count). The van der Waals surface area contributed by atoms with Gasteiger partial charge in [0.2, 0.25) is 0 Å². The minimum Gasteiger partial charge on any atom is -0.382 e. The first-order valence-electron chi connectivity index (χ1n) is 6.52. The zero-order valence-electron chi connectivity index (χ0n) is 12.1. The number of hydrogen-bond acceptors (Lipinski definition) is 4. The molecule has 0 spiro atoms. The van der Waals surface area contributed by atoms with Gasteiger partial charge in [-0.1, -0.05) is 0 Å². The third-order valence-corrected chi connectivity index (χ3v) is 2.66. The average molecular weight is 321 g/mol. The zero-order chi connectivity index (χ0) is 14.8. The fourth-order valence-electron chi connectivity index (χ4n) is 1.56. The minimum atomic E-state index is -0.388. The van der Waals surface area contributed by atoms with Gasteiger partial charge < -0.3 is 20.5 Å². The topological polar surface area (TPSA) is 73.6 Å². The van der Waals surface area contributed by atoms with Crippen molar-refractivity contribution < 1.29 is 18.7 Å². The van der Waals surface area contributed by atoms with Gasteiger partial charge in [-0.25, -0.2) is 4.39 Å². The largest absolute Gasteiger partial charge is 0.382 e. The lowest BCUT2D eigenvalue weighted by molar-refractivity contribution is 0.0604. The lowest BCUT2D eigenvalue weighted by Gasteiger charge is -2.08. The summed E-state index contributed by atoms with van der Waals surface area (Å²) < 4.78 is 23.7. The molecule has 0 fully saturated rings. The maximum atomic E-state index is 13.6. The van der Waals surface area contributed by atoms with Gasteiger partial charge in [0.15, 0.2) is 0 Å². The second-order valence-electron chi connectivity index (χ2n) is 4.25. The van der Waals surface area contributed by atoms with Crippen LogP contribution in [0.25, 0.3) is 0 Å². The first kappa shape index (κ1) is 19.8. The van der Waals surface area contributed by atoms with Gasteiger partial charge in [-0.05, 0) is 31.2 Å². The Hall–Kier alpha value is -1.21. The minimum absolute atomic E-state index is 0. The molecule has 0 aliphatic carbocycles. The predicted molar refractivity (Wildman–Crippen MR) is 81.2 cm³/mol. The highest BCUT2D eigenvalue weighted by atomic mass is 35.5. The van der Waals surface area contributed by atoms with Gasteiger partial charge in [-0.2, -0.15) is 0 Å². The Morgan fingerprint density at radius 2 is 2.14 bits per heavy atom. The monoisotopic (exact) mass is 320 g/mol. The smallest absolute Gasteiger partial charge is 0.251 e. The van der Waals surface area contributed by atoms with E-state index >= 15 is 0 Å². The highest BCUT2D eigenvalue weighted by molar-refractivity contribution is 5.94. The number of amides is 1. The van der Waals surface area contributed by atoms with E-state index in [1.165, 1.54) is 18.2 Å². The third kappa shape index (κ3) is 7.38. The number of rotatable bonds is 9. The third-order valence-electron chi connectivity index (χ3n) is 2.66. The van der Waals surface area contributed by atoms with Crippen LogP contribution < -0.4 is 11.1 Å². The van der Waals surface area contributed by atoms with Gasteiger partial charge in [0.05, 0.1) is 19.8 Å². The van der Waals surface area contributed by atoms with Gasteiger partial charge >= 0.3 is 0 Å². The molecule has 0 radical (unpaired) electrons. The summed E-state index contributed by atoms with van der Waals surface area (Å²) in [6.07, 6.45) is 0.708. The van der Waals surface area contributed by atoms with Crippen LogP contribution in [0.1, 0.15) is 22.3 Å². The van der Waals surface area contributed by atoms with Crippen molar-refractivity contribution in [1.82, 2.24) is 5.32 Å². The zero-order valence-corrected chi connectivity index (χ0v) is 12.9. The summed E-state index contributed by atoms with van der Waals surface area (Å²) in [4.78, 5) is 11.8. The molecule has 1 aromatic carbocycles. The van der Waals surface area contributed by atoms with Crippen LogP contribution >= 0.6 is 12.4 Å². The van der Waals surface area contributed by atoms with Crippen molar-refractivity contribution in [3.05, 3.63) is 35.1 Å². The number of carbonyl (C=O) groups is 1. The summed E-state index contributed by atoms with van der Waals surface area (Å²) in [6, 6.07) is 4.22. The quantitative estimate of drug-likeness (QED) is 0.676. The molecule has 0 saturated heterocycles. The fourth-order valence-corrected chi connectivity index (χ4v) is 1.56. The van der Waals surface area contributed by atoms with Crippen molar-refractivity contribution in [2.45, 2.75) is 13.0 Å². The van der Waals surface area contributed by atoms with Crippen molar-refractivity contribution >= 4 is 18.3 Å². The molecule has 1 aromatic rings. The summed E-state index contributed by atoms with van der Waals surface area (Å²) in [6.45, 7) is 1.96. The Labute approximate surface area is 130 Å². The second kappa shape index (κ2) is 11.4. The first-order valence-corrected chi connectivity index (χ1v) is 6.52. The molecular formula is C14H22ClFN2O3. The fraction of sp³-hybridized carbons (Fsp3) is 0.500. The summed E-state index contributed by atoms with van der Waals surface area (Å²) >= 11 is 0. The number of nitrogens with one attached hydrogen (secondary N) is 1. The van der Waals surface area contributed by atoms with Crippen LogP contribution in [0, 0.1) is 5.82 Å². The molecule has 0 aromatic heterocycles. The first-order chi connectivity index (χ1) is 9.69. The molecule has 3 N–H and O–H groups in total. The van der Waals surface area contributed by atoms with Gasteiger partial charge in [0, 0.05) is 24.8 Å². The molecule has 1 amide bonds. The number of methoxy groups -OCH3 is 1. The summed E-state index contributed by atoms with van der Waals surface area (Å²) in [5, 5.41) is 2.72. The van der Waals surface area contributed by atoms with Crippen LogP contribution in [-0.2, 0) is 16.1 Å². The summed E-state index contributed by atoms with van der Waals surface area (Å²) in [7, 11) is 1.57. The molecule has 7 heteroatoms. The lowest BCUT2D eigenvalue weighted by atomic mass is 10.1. The van der Waals surface area contributed by atoms with Crippen molar-refractivity contribution in [3.63, 3.8) is 0 Å². The molecule has 21 heavy (non-hydrogen) atoms. The standard InChI is InChI=1S/C14H21FN2O3.ClH/c1-19-7-8-20-10-12-9-11(3-4-13(12)15)14(18)17-6-2-5-16;/h3-4,9H,2,5-8,10,16H2,1H3,(H,17,18);1H. The molecule has 0 bridgehead atoms. The number of hydrogen-bond donors (Lipinski definition) is 2. The highest BCUT2D eigenvalue weighted by Crippen LogP contribution is 2.12. The van der Waals surface area contributed by atoms with E-state index in [0.29, 0.717) is 43.9 Å². The molecule has 120 valence electrons. The van der Waals surface area contributed by atoms with E-state index in [-0.39, 0.29) is 30.7 Å². The van der Waals surface area contributed by atoms with Crippen LogP contribution in [0.15, 0.2) is 18.2 Å². The molecule has 0 aliphatic rings. The maximum Gasteiger partial charge on any atom is 0.251 e. The Morgan fingerprint density at radius 3 is 2.81 bits per heavy atom. The Morgan fingerprint density at radius 1 is 1.38 bits per heavy atom. The molecule has 5 nitrogen and oxygen atoms in total. The number of benzene rings is 1. The maximum absolute atomic E-state index is 13.6. The van der Waals surface area contributed by atoms with Gasteiger partial charge in [-0.3, -0.25) is 4.79 Å². The van der Waals surface area contributed by atoms with Crippen LogP contribution in [0.3, 0.4) is 0 Å². The van der Waals surface area contributed by atoms with Gasteiger partial charge in [-0.15, -0.1) is 12.4 Å². The Bertz CT molecular complexity index is 433. The van der Waals surface area contributed by atoms with Crippen LogP contribution in [0.2, 0.25) is 0 Å². The van der Waals surface area contributed by atoms with Gasteiger partial charge in [0.1, 0.15) is 5.82 Å². The normalized spacial score (nSPS) is 10.0. The van der Waals surface area contributed by atoms with Crippen molar-refractivity contribution in [1.29, 1.82) is 0 Å². The molecular weight excluding hydrogens is 299 g/mol. The van der Waals surface area contributed by atoms with E-state index < -0.39 is 0 Å². The van der Waals surface area contributed by atoms with E-state index in [4.69, 9.17) is 15.2 Å². The van der Waals surface area contributed by atoms with Crippen LogP contribution in [0.4, 0.5) is 4.39 Å². The number of ether oxygens (including phenoxy) is 2. The predicted octanol–water partition coefficient (Wildman–Crippen LogP) is 1.49. The lowest BCUT2D eigenvalue weighted by Crippen LogP contribution is -2.26. The molecule has 0 heterocycles. The Balaban J connectivity index is 0.00000400. The molecule has 0 unspecified atom stereocenters. The number of carbonyl (C=O) groups excluding carboxylic acids is 1. The van der Waals surface area contributed by atoms with E-state index in [9.17, 15) is 9.18 Å². The van der Waals surface area contributed by atoms with E-state index in [1.54, 1.807) is 7.11 Å².